The van der Waals surface area contributed by atoms with Crippen molar-refractivity contribution >= 4 is 8.32 Å². The molecule has 1 aliphatic rings. The first-order chi connectivity index (χ1) is 7.04. The lowest BCUT2D eigenvalue weighted by molar-refractivity contribution is 0.554. The molecule has 0 saturated carbocycles. The zero-order chi connectivity index (χ0) is 10.9. The number of benzene rings is 1. The highest BCUT2D eigenvalue weighted by atomic mass is 28.4. The maximum atomic E-state index is 6.01. The summed E-state index contributed by atoms with van der Waals surface area (Å²) in [5.74, 6) is 1.08. The first-order valence-electron chi connectivity index (χ1n) is 5.85. The second-order valence-electron chi connectivity index (χ2n) is 5.35. The van der Waals surface area contributed by atoms with Gasteiger partial charge in [-0.25, -0.2) is 0 Å². The van der Waals surface area contributed by atoms with Crippen molar-refractivity contribution in [1.29, 1.82) is 0 Å². The van der Waals surface area contributed by atoms with Gasteiger partial charge in [0.15, 0.2) is 0 Å². The fourth-order valence-electron chi connectivity index (χ4n) is 2.13. The van der Waals surface area contributed by atoms with Gasteiger partial charge in [-0.1, -0.05) is 6.07 Å². The van der Waals surface area contributed by atoms with Gasteiger partial charge in [0.2, 0.25) is 8.32 Å². The average molecular weight is 220 g/mol. The SMILES string of the molecule is C[Si](C)(C)Oc1ccc2c(c1)CCCC2. The normalized spacial score (nSPS) is 15.9. The molecule has 82 valence electrons. The molecule has 0 radical (unpaired) electrons. The van der Waals surface area contributed by atoms with Crippen LogP contribution >= 0.6 is 0 Å². The lowest BCUT2D eigenvalue weighted by Crippen LogP contribution is -2.29. The Hall–Kier alpha value is -0.763. The highest BCUT2D eigenvalue weighted by Crippen LogP contribution is 2.26. The molecule has 0 spiro atoms. The van der Waals surface area contributed by atoms with E-state index in [-0.39, 0.29) is 0 Å². The minimum Gasteiger partial charge on any atom is -0.544 e. The molecule has 0 fully saturated rings. The molecule has 1 nitrogen and oxygen atoms in total. The molecule has 0 atom stereocenters. The van der Waals surface area contributed by atoms with E-state index in [1.165, 1.54) is 36.8 Å². The van der Waals surface area contributed by atoms with Crippen molar-refractivity contribution in [2.75, 3.05) is 0 Å². The Kier molecular flexibility index (Phi) is 2.87. The molecule has 1 aromatic rings. The molecule has 0 heterocycles. The fraction of sp³-hybridized carbons (Fsp3) is 0.538. The van der Waals surface area contributed by atoms with Gasteiger partial charge in [0, 0.05) is 0 Å². The molecule has 1 aromatic carbocycles. The van der Waals surface area contributed by atoms with Crippen LogP contribution in [0.3, 0.4) is 0 Å². The highest BCUT2D eigenvalue weighted by molar-refractivity contribution is 6.70. The summed E-state index contributed by atoms with van der Waals surface area (Å²) < 4.78 is 6.01. The minimum atomic E-state index is -1.44. The van der Waals surface area contributed by atoms with E-state index in [0.29, 0.717) is 0 Å². The van der Waals surface area contributed by atoms with Crippen LogP contribution in [0.1, 0.15) is 24.0 Å². The Morgan fingerprint density at radius 1 is 1.00 bits per heavy atom. The van der Waals surface area contributed by atoms with Crippen molar-refractivity contribution in [2.24, 2.45) is 0 Å². The van der Waals surface area contributed by atoms with Crippen LogP contribution in [-0.2, 0) is 12.8 Å². The summed E-state index contributed by atoms with van der Waals surface area (Å²) in [6, 6.07) is 6.65. The van der Waals surface area contributed by atoms with Gasteiger partial charge < -0.3 is 4.43 Å². The third-order valence-electron chi connectivity index (χ3n) is 2.74. The first kappa shape index (κ1) is 10.7. The molecule has 2 rings (SSSR count). The van der Waals surface area contributed by atoms with Crippen LogP contribution in [0.25, 0.3) is 0 Å². The number of aryl methyl sites for hydroxylation is 2. The van der Waals surface area contributed by atoms with E-state index in [0.717, 1.165) is 5.75 Å². The Balaban J connectivity index is 2.21. The van der Waals surface area contributed by atoms with Gasteiger partial charge in [-0.15, -0.1) is 0 Å². The summed E-state index contributed by atoms with van der Waals surface area (Å²) in [6.45, 7) is 6.69. The molecule has 0 aliphatic heterocycles. The Morgan fingerprint density at radius 3 is 2.33 bits per heavy atom. The van der Waals surface area contributed by atoms with E-state index in [4.69, 9.17) is 4.43 Å². The van der Waals surface area contributed by atoms with Crippen molar-refractivity contribution in [3.05, 3.63) is 29.3 Å². The van der Waals surface area contributed by atoms with Crippen LogP contribution in [0.2, 0.25) is 19.6 Å². The van der Waals surface area contributed by atoms with Gasteiger partial charge >= 0.3 is 0 Å². The number of hydrogen-bond donors (Lipinski definition) is 0. The van der Waals surface area contributed by atoms with Crippen molar-refractivity contribution in [1.82, 2.24) is 0 Å². The van der Waals surface area contributed by atoms with E-state index in [1.54, 1.807) is 0 Å². The van der Waals surface area contributed by atoms with Crippen LogP contribution in [-0.4, -0.2) is 8.32 Å². The summed E-state index contributed by atoms with van der Waals surface area (Å²) >= 11 is 0. The molecule has 1 aliphatic carbocycles. The van der Waals surface area contributed by atoms with Crippen molar-refractivity contribution in [3.63, 3.8) is 0 Å². The third kappa shape index (κ3) is 2.85. The molecule has 0 unspecified atom stereocenters. The van der Waals surface area contributed by atoms with E-state index in [2.05, 4.69) is 37.8 Å². The van der Waals surface area contributed by atoms with E-state index in [1.807, 2.05) is 0 Å². The highest BCUT2D eigenvalue weighted by Gasteiger charge is 2.17. The van der Waals surface area contributed by atoms with Crippen LogP contribution < -0.4 is 4.43 Å². The Morgan fingerprint density at radius 2 is 1.67 bits per heavy atom. The van der Waals surface area contributed by atoms with Crippen molar-refractivity contribution < 1.29 is 4.43 Å². The van der Waals surface area contributed by atoms with Crippen LogP contribution in [0, 0.1) is 0 Å². The van der Waals surface area contributed by atoms with E-state index >= 15 is 0 Å². The quantitative estimate of drug-likeness (QED) is 0.689. The van der Waals surface area contributed by atoms with Gasteiger partial charge in [-0.2, -0.15) is 0 Å². The van der Waals surface area contributed by atoms with Gasteiger partial charge in [0.05, 0.1) is 0 Å². The van der Waals surface area contributed by atoms with Crippen LogP contribution in [0.5, 0.6) is 5.75 Å². The van der Waals surface area contributed by atoms with E-state index < -0.39 is 8.32 Å². The Labute approximate surface area is 93.6 Å². The first-order valence-corrected chi connectivity index (χ1v) is 9.26. The zero-order valence-electron chi connectivity index (χ0n) is 9.97. The molecular weight excluding hydrogens is 200 g/mol. The summed E-state index contributed by atoms with van der Waals surface area (Å²) in [7, 11) is -1.44. The third-order valence-corrected chi connectivity index (χ3v) is 3.59. The molecule has 0 N–H and O–H groups in total. The summed E-state index contributed by atoms with van der Waals surface area (Å²) in [4.78, 5) is 0. The zero-order valence-corrected chi connectivity index (χ0v) is 11.0. The van der Waals surface area contributed by atoms with Crippen LogP contribution in [0.4, 0.5) is 0 Å². The maximum absolute atomic E-state index is 6.01. The summed E-state index contributed by atoms with van der Waals surface area (Å²) in [5, 5.41) is 0. The second kappa shape index (κ2) is 4.01. The van der Waals surface area contributed by atoms with Gasteiger partial charge in [-0.05, 0) is 68.6 Å². The molecule has 0 aromatic heterocycles. The largest absolute Gasteiger partial charge is 0.544 e. The molecule has 15 heavy (non-hydrogen) atoms. The Bertz CT molecular complexity index is 352. The standard InChI is InChI=1S/C13H20OSi/c1-15(2,3)14-13-9-8-11-6-4-5-7-12(11)10-13/h8-10H,4-7H2,1-3H3. The fourth-order valence-corrected chi connectivity index (χ4v) is 2.96. The molecule has 0 saturated heterocycles. The molecule has 0 amide bonds. The molecular formula is C13H20OSi. The lowest BCUT2D eigenvalue weighted by atomic mass is 9.92. The minimum absolute atomic E-state index is 1.08. The number of hydrogen-bond acceptors (Lipinski definition) is 1. The van der Waals surface area contributed by atoms with Crippen molar-refractivity contribution in [3.8, 4) is 5.75 Å². The van der Waals surface area contributed by atoms with Gasteiger partial charge in [0.1, 0.15) is 5.75 Å². The summed E-state index contributed by atoms with van der Waals surface area (Å²) in [5.41, 5.74) is 3.04. The predicted octanol–water partition coefficient (Wildman–Crippen LogP) is 3.78. The van der Waals surface area contributed by atoms with Gasteiger partial charge in [-0.3, -0.25) is 0 Å². The second-order valence-corrected chi connectivity index (χ2v) is 9.78. The monoisotopic (exact) mass is 220 g/mol. The number of rotatable bonds is 2. The predicted molar refractivity (Wildman–Crippen MR) is 67.1 cm³/mol. The van der Waals surface area contributed by atoms with Crippen molar-refractivity contribution in [2.45, 2.75) is 45.3 Å². The molecule has 0 bridgehead atoms. The topological polar surface area (TPSA) is 9.23 Å². The lowest BCUT2D eigenvalue weighted by Gasteiger charge is -2.22. The average Bonchev–Trinajstić information content (AvgIpc) is 2.15. The summed E-state index contributed by atoms with van der Waals surface area (Å²) in [6.07, 6.45) is 5.17. The van der Waals surface area contributed by atoms with Gasteiger partial charge in [0.25, 0.3) is 0 Å². The van der Waals surface area contributed by atoms with E-state index in [9.17, 15) is 0 Å². The maximum Gasteiger partial charge on any atom is 0.242 e. The number of fused-ring (bicyclic) bond motifs is 1. The smallest absolute Gasteiger partial charge is 0.242 e. The van der Waals surface area contributed by atoms with Crippen LogP contribution in [0.15, 0.2) is 18.2 Å². The molecule has 2 heteroatoms.